The Balaban J connectivity index is 2.60. The molecule has 0 atom stereocenters. The zero-order valence-electron chi connectivity index (χ0n) is 11.6. The van der Waals surface area contributed by atoms with Crippen molar-refractivity contribution in [1.82, 2.24) is 4.90 Å². The molecule has 0 aromatic heterocycles. The molecule has 4 nitrogen and oxygen atoms in total. The molecule has 20 heavy (non-hydrogen) atoms. The molecule has 1 rings (SSSR count). The number of hydrogen-bond acceptors (Lipinski definition) is 3. The van der Waals surface area contributed by atoms with E-state index in [2.05, 4.69) is 15.9 Å². The molecule has 1 aromatic carbocycles. The first kappa shape index (κ1) is 17.3. The number of aliphatic hydroxyl groups is 1. The lowest BCUT2D eigenvalue weighted by Crippen LogP contribution is -2.40. The van der Waals surface area contributed by atoms with E-state index in [4.69, 9.17) is 21.4 Å². The Morgan fingerprint density at radius 2 is 2.20 bits per heavy atom. The van der Waals surface area contributed by atoms with Gasteiger partial charge in [-0.3, -0.25) is 4.79 Å². The van der Waals surface area contributed by atoms with Crippen molar-refractivity contribution in [1.29, 1.82) is 0 Å². The predicted molar refractivity (Wildman–Crippen MR) is 83.2 cm³/mol. The van der Waals surface area contributed by atoms with Crippen LogP contribution in [0.1, 0.15) is 20.3 Å². The fourth-order valence-electron chi connectivity index (χ4n) is 1.73. The first-order valence-corrected chi connectivity index (χ1v) is 7.61. The number of benzene rings is 1. The van der Waals surface area contributed by atoms with Gasteiger partial charge in [-0.05, 0) is 38.5 Å². The number of aliphatic hydroxyl groups excluding tert-OH is 1. The van der Waals surface area contributed by atoms with Crippen molar-refractivity contribution in [3.63, 3.8) is 0 Å². The van der Waals surface area contributed by atoms with Gasteiger partial charge >= 0.3 is 0 Å². The Bertz CT molecular complexity index is 454. The summed E-state index contributed by atoms with van der Waals surface area (Å²) >= 11 is 9.33. The number of amides is 1. The molecule has 0 spiro atoms. The van der Waals surface area contributed by atoms with Crippen LogP contribution >= 0.6 is 27.5 Å². The van der Waals surface area contributed by atoms with E-state index in [-0.39, 0.29) is 25.2 Å². The van der Waals surface area contributed by atoms with Gasteiger partial charge in [0.2, 0.25) is 0 Å². The number of ether oxygens (including phenoxy) is 1. The summed E-state index contributed by atoms with van der Waals surface area (Å²) in [6.45, 7) is 4.38. The number of nitrogens with zero attached hydrogens (tertiary/aromatic N) is 1. The first-order valence-electron chi connectivity index (χ1n) is 6.44. The van der Waals surface area contributed by atoms with E-state index in [1.54, 1.807) is 23.1 Å². The van der Waals surface area contributed by atoms with Crippen LogP contribution < -0.4 is 4.74 Å². The molecule has 1 N–H and O–H groups in total. The summed E-state index contributed by atoms with van der Waals surface area (Å²) in [7, 11) is 0. The summed E-state index contributed by atoms with van der Waals surface area (Å²) in [5, 5.41) is 9.31. The van der Waals surface area contributed by atoms with Crippen molar-refractivity contribution in [3.8, 4) is 5.75 Å². The lowest BCUT2D eigenvalue weighted by atomic mass is 10.3. The van der Waals surface area contributed by atoms with Crippen molar-refractivity contribution < 1.29 is 14.6 Å². The summed E-state index contributed by atoms with van der Waals surface area (Å²) in [5.41, 5.74) is 0. The highest BCUT2D eigenvalue weighted by Gasteiger charge is 2.17. The van der Waals surface area contributed by atoms with Crippen molar-refractivity contribution in [3.05, 3.63) is 27.7 Å². The van der Waals surface area contributed by atoms with Crippen molar-refractivity contribution in [2.24, 2.45) is 0 Å². The van der Waals surface area contributed by atoms with Gasteiger partial charge in [0.05, 0.1) is 5.02 Å². The van der Waals surface area contributed by atoms with Crippen LogP contribution in [0.4, 0.5) is 0 Å². The fraction of sp³-hybridized carbons (Fsp3) is 0.500. The summed E-state index contributed by atoms with van der Waals surface area (Å²) in [4.78, 5) is 13.8. The third-order valence-electron chi connectivity index (χ3n) is 2.75. The van der Waals surface area contributed by atoms with Crippen LogP contribution in [0, 0.1) is 0 Å². The van der Waals surface area contributed by atoms with Crippen LogP contribution in [0.25, 0.3) is 0 Å². The molecule has 0 aliphatic heterocycles. The Labute approximate surface area is 132 Å². The van der Waals surface area contributed by atoms with E-state index >= 15 is 0 Å². The quantitative estimate of drug-likeness (QED) is 0.809. The second-order valence-electron chi connectivity index (χ2n) is 4.62. The average molecular weight is 365 g/mol. The smallest absolute Gasteiger partial charge is 0.260 e. The number of carbonyl (C=O) groups is 1. The van der Waals surface area contributed by atoms with Crippen molar-refractivity contribution in [2.75, 3.05) is 19.8 Å². The molecule has 0 fully saturated rings. The molecule has 112 valence electrons. The molecule has 1 aromatic rings. The molecule has 1 amide bonds. The van der Waals surface area contributed by atoms with Gasteiger partial charge in [0, 0.05) is 23.7 Å². The Morgan fingerprint density at radius 3 is 2.75 bits per heavy atom. The van der Waals surface area contributed by atoms with E-state index < -0.39 is 0 Å². The zero-order chi connectivity index (χ0) is 15.1. The topological polar surface area (TPSA) is 49.8 Å². The molecule has 6 heteroatoms. The third-order valence-corrected chi connectivity index (χ3v) is 3.53. The van der Waals surface area contributed by atoms with E-state index in [0.717, 1.165) is 4.47 Å². The summed E-state index contributed by atoms with van der Waals surface area (Å²) in [6.07, 6.45) is 0.558. The highest BCUT2D eigenvalue weighted by Crippen LogP contribution is 2.27. The number of carbonyl (C=O) groups excluding carboxylic acids is 1. The zero-order valence-corrected chi connectivity index (χ0v) is 13.9. The van der Waals surface area contributed by atoms with Crippen molar-refractivity contribution in [2.45, 2.75) is 26.3 Å². The second kappa shape index (κ2) is 8.49. The molecule has 0 radical (unpaired) electrons. The van der Waals surface area contributed by atoms with Crippen LogP contribution in [0.3, 0.4) is 0 Å². The van der Waals surface area contributed by atoms with Crippen LogP contribution in [0.5, 0.6) is 5.75 Å². The molecule has 0 aliphatic rings. The van der Waals surface area contributed by atoms with Crippen LogP contribution in [0.2, 0.25) is 5.02 Å². The second-order valence-corrected chi connectivity index (χ2v) is 5.94. The summed E-state index contributed by atoms with van der Waals surface area (Å²) in [6, 6.07) is 5.30. The summed E-state index contributed by atoms with van der Waals surface area (Å²) < 4.78 is 6.31. The van der Waals surface area contributed by atoms with Gasteiger partial charge in [0.25, 0.3) is 5.91 Å². The maximum Gasteiger partial charge on any atom is 0.260 e. The monoisotopic (exact) mass is 363 g/mol. The van der Waals surface area contributed by atoms with E-state index in [0.29, 0.717) is 23.7 Å². The number of halogens is 2. The lowest BCUT2D eigenvalue weighted by Gasteiger charge is -2.26. The molecule has 0 bridgehead atoms. The van der Waals surface area contributed by atoms with Crippen LogP contribution in [0.15, 0.2) is 22.7 Å². The maximum absolute atomic E-state index is 12.1. The Kier molecular flexibility index (Phi) is 7.34. The largest absolute Gasteiger partial charge is 0.482 e. The fourth-order valence-corrected chi connectivity index (χ4v) is 2.45. The van der Waals surface area contributed by atoms with Gasteiger partial charge in [-0.25, -0.2) is 0 Å². The molecule has 0 unspecified atom stereocenters. The molecular weight excluding hydrogens is 346 g/mol. The van der Waals surface area contributed by atoms with Gasteiger partial charge in [-0.2, -0.15) is 0 Å². The highest BCUT2D eigenvalue weighted by atomic mass is 79.9. The molecule has 0 saturated heterocycles. The number of rotatable bonds is 7. The van der Waals surface area contributed by atoms with Gasteiger partial charge in [-0.15, -0.1) is 0 Å². The minimum Gasteiger partial charge on any atom is -0.482 e. The minimum atomic E-state index is -0.118. The minimum absolute atomic E-state index is 0.0645. The Hall–Kier alpha value is -0.780. The van der Waals surface area contributed by atoms with Crippen LogP contribution in [-0.2, 0) is 4.79 Å². The molecule has 0 saturated carbocycles. The molecule has 0 heterocycles. The molecular formula is C14H19BrClNO3. The normalized spacial score (nSPS) is 10.7. The van der Waals surface area contributed by atoms with Gasteiger partial charge < -0.3 is 14.7 Å². The van der Waals surface area contributed by atoms with Crippen LogP contribution in [-0.4, -0.2) is 41.7 Å². The van der Waals surface area contributed by atoms with E-state index in [1.807, 2.05) is 13.8 Å². The van der Waals surface area contributed by atoms with Crippen molar-refractivity contribution >= 4 is 33.4 Å². The van der Waals surface area contributed by atoms with E-state index in [1.165, 1.54) is 0 Å². The number of hydrogen-bond donors (Lipinski definition) is 1. The van der Waals surface area contributed by atoms with Gasteiger partial charge in [0.15, 0.2) is 6.61 Å². The van der Waals surface area contributed by atoms with E-state index in [9.17, 15) is 4.79 Å². The SMILES string of the molecule is CC(C)N(CCCO)C(=O)COc1ccc(Br)cc1Cl. The first-order chi connectivity index (χ1) is 9.45. The highest BCUT2D eigenvalue weighted by molar-refractivity contribution is 9.10. The van der Waals surface area contributed by atoms with Gasteiger partial charge in [-0.1, -0.05) is 27.5 Å². The predicted octanol–water partition coefficient (Wildman–Crippen LogP) is 3.10. The third kappa shape index (κ3) is 5.31. The maximum atomic E-state index is 12.1. The van der Waals surface area contributed by atoms with Gasteiger partial charge in [0.1, 0.15) is 5.75 Å². The standard InChI is InChI=1S/C14H19BrClNO3/c1-10(2)17(6-3-7-18)14(19)9-20-13-5-4-11(15)8-12(13)16/h4-5,8,10,18H,3,6-7,9H2,1-2H3. The Morgan fingerprint density at radius 1 is 1.50 bits per heavy atom. The average Bonchev–Trinajstić information content (AvgIpc) is 2.37. The lowest BCUT2D eigenvalue weighted by molar-refractivity contribution is -0.135. The summed E-state index contributed by atoms with van der Waals surface area (Å²) in [5.74, 6) is 0.363. The molecule has 0 aliphatic carbocycles.